The molecule has 1 atom stereocenters. The number of rotatable bonds is 4. The summed E-state index contributed by atoms with van der Waals surface area (Å²) in [6.45, 7) is 0. The molecule has 0 saturated heterocycles. The minimum atomic E-state index is -4.35. The molecule has 0 radical (unpaired) electrons. The van der Waals surface area contributed by atoms with Crippen molar-refractivity contribution in [2.24, 2.45) is 0 Å². The molecule has 0 saturated carbocycles. The lowest BCUT2D eigenvalue weighted by atomic mass is 10.0. The standard InChI is InChI=1S/C16H14ClF3O/c1-21-14-7-5-11(6-8-14)9-15(17)12-3-2-4-13(10-12)16(18,19)20/h2-8,10,15H,9H2,1H3. The lowest BCUT2D eigenvalue weighted by molar-refractivity contribution is -0.137. The Hall–Kier alpha value is -1.68. The topological polar surface area (TPSA) is 9.23 Å². The molecule has 21 heavy (non-hydrogen) atoms. The zero-order valence-corrected chi connectivity index (χ0v) is 12.1. The summed E-state index contributed by atoms with van der Waals surface area (Å²) in [7, 11) is 1.57. The van der Waals surface area contributed by atoms with Crippen molar-refractivity contribution >= 4 is 11.6 Å². The summed E-state index contributed by atoms with van der Waals surface area (Å²) in [5.74, 6) is 0.726. The Kier molecular flexibility index (Phi) is 4.78. The van der Waals surface area contributed by atoms with E-state index < -0.39 is 17.1 Å². The van der Waals surface area contributed by atoms with Crippen molar-refractivity contribution in [2.45, 2.75) is 18.0 Å². The van der Waals surface area contributed by atoms with Gasteiger partial charge in [-0.05, 0) is 35.7 Å². The van der Waals surface area contributed by atoms with Gasteiger partial charge >= 0.3 is 6.18 Å². The summed E-state index contributed by atoms with van der Waals surface area (Å²) < 4.78 is 43.1. The average Bonchev–Trinajstić information content (AvgIpc) is 2.47. The lowest BCUT2D eigenvalue weighted by Crippen LogP contribution is -2.06. The molecule has 2 rings (SSSR count). The normalized spacial score (nSPS) is 13.0. The van der Waals surface area contributed by atoms with Gasteiger partial charge in [0.05, 0.1) is 18.1 Å². The molecule has 0 amide bonds. The van der Waals surface area contributed by atoms with Crippen LogP contribution in [0.2, 0.25) is 0 Å². The van der Waals surface area contributed by atoms with E-state index in [1.165, 1.54) is 6.07 Å². The Morgan fingerprint density at radius 1 is 1.10 bits per heavy atom. The predicted octanol–water partition coefficient (Wildman–Crippen LogP) is 5.24. The Morgan fingerprint density at radius 2 is 1.76 bits per heavy atom. The molecule has 0 spiro atoms. The molecule has 2 aromatic carbocycles. The van der Waals surface area contributed by atoms with Crippen molar-refractivity contribution in [3.05, 3.63) is 65.2 Å². The van der Waals surface area contributed by atoms with E-state index in [4.69, 9.17) is 16.3 Å². The summed E-state index contributed by atoms with van der Waals surface area (Å²) in [5.41, 5.74) is 0.718. The van der Waals surface area contributed by atoms with Crippen LogP contribution in [0.15, 0.2) is 48.5 Å². The first-order chi connectivity index (χ1) is 9.90. The second kappa shape index (κ2) is 6.39. The molecule has 2 aromatic rings. The highest BCUT2D eigenvalue weighted by Crippen LogP contribution is 2.33. The molecule has 1 unspecified atom stereocenters. The minimum Gasteiger partial charge on any atom is -0.497 e. The van der Waals surface area contributed by atoms with Crippen molar-refractivity contribution in [2.75, 3.05) is 7.11 Å². The van der Waals surface area contributed by atoms with Gasteiger partial charge in [-0.1, -0.05) is 30.3 Å². The van der Waals surface area contributed by atoms with Crippen LogP contribution in [0.1, 0.15) is 22.1 Å². The van der Waals surface area contributed by atoms with E-state index in [0.29, 0.717) is 12.0 Å². The van der Waals surface area contributed by atoms with Crippen molar-refractivity contribution < 1.29 is 17.9 Å². The van der Waals surface area contributed by atoms with Crippen molar-refractivity contribution in [1.29, 1.82) is 0 Å². The molecule has 0 aliphatic carbocycles. The molecular weight excluding hydrogens is 301 g/mol. The maximum atomic E-state index is 12.7. The van der Waals surface area contributed by atoms with Crippen LogP contribution in [-0.4, -0.2) is 7.11 Å². The maximum absolute atomic E-state index is 12.7. The van der Waals surface area contributed by atoms with E-state index in [1.54, 1.807) is 25.3 Å². The molecule has 1 nitrogen and oxygen atoms in total. The molecule has 112 valence electrons. The molecular formula is C16H14ClF3O. The molecule has 0 fully saturated rings. The van der Waals surface area contributed by atoms with Crippen LogP contribution in [0.5, 0.6) is 5.75 Å². The molecule has 0 aliphatic rings. The summed E-state index contributed by atoms with van der Waals surface area (Å²) >= 11 is 6.24. The van der Waals surface area contributed by atoms with E-state index in [1.807, 2.05) is 12.1 Å². The van der Waals surface area contributed by atoms with Crippen molar-refractivity contribution in [3.63, 3.8) is 0 Å². The van der Waals surface area contributed by atoms with Gasteiger partial charge in [0.2, 0.25) is 0 Å². The van der Waals surface area contributed by atoms with Gasteiger partial charge in [0.1, 0.15) is 5.75 Å². The van der Waals surface area contributed by atoms with E-state index in [9.17, 15) is 13.2 Å². The highest BCUT2D eigenvalue weighted by Gasteiger charge is 2.30. The van der Waals surface area contributed by atoms with Gasteiger partial charge in [0, 0.05) is 0 Å². The maximum Gasteiger partial charge on any atom is 0.416 e. The van der Waals surface area contributed by atoms with Crippen LogP contribution in [0.25, 0.3) is 0 Å². The van der Waals surface area contributed by atoms with Crippen LogP contribution < -0.4 is 4.74 Å². The number of benzene rings is 2. The summed E-state index contributed by atoms with van der Waals surface area (Å²) in [5, 5.41) is -0.513. The third kappa shape index (κ3) is 4.14. The number of halogens is 4. The highest BCUT2D eigenvalue weighted by atomic mass is 35.5. The predicted molar refractivity (Wildman–Crippen MR) is 76.7 cm³/mol. The monoisotopic (exact) mass is 314 g/mol. The lowest BCUT2D eigenvalue weighted by Gasteiger charge is -2.13. The average molecular weight is 315 g/mol. The highest BCUT2D eigenvalue weighted by molar-refractivity contribution is 6.20. The Bertz CT molecular complexity index is 593. The number of methoxy groups -OCH3 is 1. The molecule has 0 aromatic heterocycles. The fourth-order valence-corrected chi connectivity index (χ4v) is 2.31. The third-order valence-electron chi connectivity index (χ3n) is 3.15. The second-order valence-electron chi connectivity index (χ2n) is 4.64. The minimum absolute atomic E-state index is 0.451. The van der Waals surface area contributed by atoms with E-state index in [-0.39, 0.29) is 0 Å². The molecule has 0 aliphatic heterocycles. The third-order valence-corrected chi connectivity index (χ3v) is 3.56. The quantitative estimate of drug-likeness (QED) is 0.702. The van der Waals surface area contributed by atoms with Crippen molar-refractivity contribution in [3.8, 4) is 5.75 Å². The summed E-state index contributed by atoms with van der Waals surface area (Å²) in [6.07, 6.45) is -3.90. The smallest absolute Gasteiger partial charge is 0.416 e. The first-order valence-corrected chi connectivity index (χ1v) is 6.78. The van der Waals surface area contributed by atoms with Gasteiger partial charge < -0.3 is 4.74 Å². The fourth-order valence-electron chi connectivity index (χ4n) is 2.00. The van der Waals surface area contributed by atoms with E-state index in [0.717, 1.165) is 23.4 Å². The molecule has 0 N–H and O–H groups in total. The summed E-state index contributed by atoms with van der Waals surface area (Å²) in [6, 6.07) is 12.4. The number of ether oxygens (including phenoxy) is 1. The van der Waals surface area contributed by atoms with Crippen LogP contribution in [-0.2, 0) is 12.6 Å². The zero-order chi connectivity index (χ0) is 15.5. The SMILES string of the molecule is COc1ccc(CC(Cl)c2cccc(C(F)(F)F)c2)cc1. The van der Waals surface area contributed by atoms with Crippen LogP contribution in [0.3, 0.4) is 0 Å². The summed E-state index contributed by atoms with van der Waals surface area (Å²) in [4.78, 5) is 0. The number of alkyl halides is 4. The first-order valence-electron chi connectivity index (χ1n) is 6.34. The zero-order valence-electron chi connectivity index (χ0n) is 11.3. The molecule has 5 heteroatoms. The van der Waals surface area contributed by atoms with Gasteiger partial charge in [0.25, 0.3) is 0 Å². The Morgan fingerprint density at radius 3 is 2.33 bits per heavy atom. The number of hydrogen-bond donors (Lipinski definition) is 0. The van der Waals surface area contributed by atoms with Gasteiger partial charge in [-0.15, -0.1) is 11.6 Å². The van der Waals surface area contributed by atoms with Crippen LogP contribution in [0.4, 0.5) is 13.2 Å². The fraction of sp³-hybridized carbons (Fsp3) is 0.250. The van der Waals surface area contributed by atoms with E-state index in [2.05, 4.69) is 0 Å². The Labute approximate surface area is 126 Å². The largest absolute Gasteiger partial charge is 0.497 e. The molecule has 0 bridgehead atoms. The van der Waals surface area contributed by atoms with Crippen LogP contribution >= 0.6 is 11.6 Å². The second-order valence-corrected chi connectivity index (χ2v) is 5.17. The van der Waals surface area contributed by atoms with Gasteiger partial charge in [-0.25, -0.2) is 0 Å². The number of hydrogen-bond acceptors (Lipinski definition) is 1. The first kappa shape index (κ1) is 15.7. The van der Waals surface area contributed by atoms with Gasteiger partial charge in [-0.3, -0.25) is 0 Å². The van der Waals surface area contributed by atoms with Crippen LogP contribution in [0, 0.1) is 0 Å². The van der Waals surface area contributed by atoms with Crippen molar-refractivity contribution in [1.82, 2.24) is 0 Å². The Balaban J connectivity index is 2.14. The molecule has 0 heterocycles. The van der Waals surface area contributed by atoms with Gasteiger partial charge in [-0.2, -0.15) is 13.2 Å². The van der Waals surface area contributed by atoms with Gasteiger partial charge in [0.15, 0.2) is 0 Å². The van der Waals surface area contributed by atoms with E-state index >= 15 is 0 Å².